The number of hydrogen-bond acceptors (Lipinski definition) is 2. The SMILES string of the molecule is CCC(CC)CCCOc1ccc(C(=O)N(C)C)c(Cl)c1. The molecule has 0 N–H and O–H groups in total. The quantitative estimate of drug-likeness (QED) is 0.655. The number of rotatable bonds is 8. The van der Waals surface area contributed by atoms with E-state index < -0.39 is 0 Å². The van der Waals surface area contributed by atoms with E-state index in [-0.39, 0.29) is 5.91 Å². The van der Waals surface area contributed by atoms with Crippen LogP contribution in [0.4, 0.5) is 0 Å². The van der Waals surface area contributed by atoms with E-state index in [4.69, 9.17) is 16.3 Å². The lowest BCUT2D eigenvalue weighted by molar-refractivity contribution is 0.0827. The van der Waals surface area contributed by atoms with Gasteiger partial charge in [-0.1, -0.05) is 38.3 Å². The normalized spacial score (nSPS) is 10.8. The Balaban J connectivity index is 2.51. The second-order valence-electron chi connectivity index (χ2n) is 5.51. The molecule has 0 spiro atoms. The molecule has 0 unspecified atom stereocenters. The second kappa shape index (κ2) is 8.93. The number of carbonyl (C=O) groups excluding carboxylic acids is 1. The molecule has 0 radical (unpaired) electrons. The molecule has 3 nitrogen and oxygen atoms in total. The van der Waals surface area contributed by atoms with E-state index in [1.165, 1.54) is 24.2 Å². The van der Waals surface area contributed by atoms with Gasteiger partial charge in [0.2, 0.25) is 0 Å². The topological polar surface area (TPSA) is 29.5 Å². The third kappa shape index (κ3) is 5.58. The lowest BCUT2D eigenvalue weighted by Gasteiger charge is -2.14. The molecule has 0 saturated heterocycles. The van der Waals surface area contributed by atoms with Crippen LogP contribution in [0.2, 0.25) is 5.02 Å². The Morgan fingerprint density at radius 2 is 1.95 bits per heavy atom. The van der Waals surface area contributed by atoms with Gasteiger partial charge >= 0.3 is 0 Å². The van der Waals surface area contributed by atoms with Crippen molar-refractivity contribution in [2.24, 2.45) is 5.92 Å². The number of nitrogens with zero attached hydrogens (tertiary/aromatic N) is 1. The highest BCUT2D eigenvalue weighted by Crippen LogP contribution is 2.24. The van der Waals surface area contributed by atoms with Gasteiger partial charge in [0.25, 0.3) is 5.91 Å². The van der Waals surface area contributed by atoms with Crippen molar-refractivity contribution in [2.75, 3.05) is 20.7 Å². The van der Waals surface area contributed by atoms with Gasteiger partial charge in [-0.15, -0.1) is 0 Å². The molecule has 1 aromatic rings. The molecule has 0 fully saturated rings. The standard InChI is InChI=1S/C17H26ClNO2/c1-5-13(6-2)8-7-11-21-14-9-10-15(16(18)12-14)17(20)19(3)4/h9-10,12-13H,5-8,11H2,1-4H3. The Morgan fingerprint density at radius 3 is 2.48 bits per heavy atom. The Bertz CT molecular complexity index is 456. The predicted molar refractivity (Wildman–Crippen MR) is 88.3 cm³/mol. The monoisotopic (exact) mass is 311 g/mol. The van der Waals surface area contributed by atoms with Crippen molar-refractivity contribution in [1.82, 2.24) is 4.90 Å². The minimum Gasteiger partial charge on any atom is -0.494 e. The Hall–Kier alpha value is -1.22. The third-order valence-electron chi connectivity index (χ3n) is 3.76. The highest BCUT2D eigenvalue weighted by atomic mass is 35.5. The van der Waals surface area contributed by atoms with Gasteiger partial charge in [0.1, 0.15) is 5.75 Å². The number of amides is 1. The van der Waals surface area contributed by atoms with Crippen LogP contribution < -0.4 is 4.74 Å². The van der Waals surface area contributed by atoms with Crippen LogP contribution in [0, 0.1) is 5.92 Å². The Morgan fingerprint density at radius 1 is 1.29 bits per heavy atom. The van der Waals surface area contributed by atoms with Gasteiger partial charge in [0.15, 0.2) is 0 Å². The van der Waals surface area contributed by atoms with E-state index in [1.807, 2.05) is 0 Å². The minimum atomic E-state index is -0.0970. The molecule has 1 rings (SSSR count). The molecule has 1 aromatic carbocycles. The maximum absolute atomic E-state index is 11.9. The molecule has 0 aliphatic rings. The fourth-order valence-corrected chi connectivity index (χ4v) is 2.51. The van der Waals surface area contributed by atoms with Crippen LogP contribution in [0.3, 0.4) is 0 Å². The zero-order valence-electron chi connectivity index (χ0n) is 13.5. The smallest absolute Gasteiger partial charge is 0.254 e. The Labute approximate surface area is 133 Å². The van der Waals surface area contributed by atoms with Crippen molar-refractivity contribution in [2.45, 2.75) is 39.5 Å². The largest absolute Gasteiger partial charge is 0.494 e. The summed E-state index contributed by atoms with van der Waals surface area (Å²) in [5.41, 5.74) is 0.506. The van der Waals surface area contributed by atoms with Gasteiger partial charge in [-0.2, -0.15) is 0 Å². The van der Waals surface area contributed by atoms with Gasteiger partial charge < -0.3 is 9.64 Å². The van der Waals surface area contributed by atoms with Gasteiger partial charge in [0, 0.05) is 14.1 Å². The third-order valence-corrected chi connectivity index (χ3v) is 4.07. The molecule has 21 heavy (non-hydrogen) atoms. The summed E-state index contributed by atoms with van der Waals surface area (Å²) in [6, 6.07) is 5.25. The molecule has 118 valence electrons. The van der Waals surface area contributed by atoms with Crippen LogP contribution in [0.5, 0.6) is 5.75 Å². The van der Waals surface area contributed by atoms with Gasteiger partial charge in [0.05, 0.1) is 17.2 Å². The van der Waals surface area contributed by atoms with Gasteiger partial charge in [-0.3, -0.25) is 4.79 Å². The van der Waals surface area contributed by atoms with E-state index in [0.717, 1.165) is 18.1 Å². The van der Waals surface area contributed by atoms with Crippen LogP contribution in [0.25, 0.3) is 0 Å². The van der Waals surface area contributed by atoms with E-state index in [1.54, 1.807) is 32.3 Å². The first kappa shape index (κ1) is 17.8. The van der Waals surface area contributed by atoms with Gasteiger partial charge in [-0.25, -0.2) is 0 Å². The molecule has 1 amide bonds. The molecule has 0 saturated carbocycles. The molecule has 0 bridgehead atoms. The average Bonchev–Trinajstić information content (AvgIpc) is 2.47. The molecular formula is C17H26ClNO2. The highest BCUT2D eigenvalue weighted by Gasteiger charge is 2.13. The van der Waals surface area contributed by atoms with Crippen LogP contribution in [-0.2, 0) is 0 Å². The lowest BCUT2D eigenvalue weighted by Crippen LogP contribution is -2.21. The number of carbonyl (C=O) groups is 1. The van der Waals surface area contributed by atoms with Gasteiger partial charge in [-0.05, 0) is 37.0 Å². The van der Waals surface area contributed by atoms with E-state index in [2.05, 4.69) is 13.8 Å². The van der Waals surface area contributed by atoms with Crippen LogP contribution in [0.15, 0.2) is 18.2 Å². The molecule has 0 heterocycles. The Kier molecular flexibility index (Phi) is 7.58. The fraction of sp³-hybridized carbons (Fsp3) is 0.588. The summed E-state index contributed by atoms with van der Waals surface area (Å²) < 4.78 is 5.71. The highest BCUT2D eigenvalue weighted by molar-refractivity contribution is 6.34. The number of hydrogen-bond donors (Lipinski definition) is 0. The molecule has 0 atom stereocenters. The number of ether oxygens (including phenoxy) is 1. The molecule has 0 aliphatic heterocycles. The average molecular weight is 312 g/mol. The number of benzene rings is 1. The van der Waals surface area contributed by atoms with Crippen molar-refractivity contribution < 1.29 is 9.53 Å². The first-order valence-electron chi connectivity index (χ1n) is 7.63. The summed E-state index contributed by atoms with van der Waals surface area (Å²) in [5.74, 6) is 1.41. The van der Waals surface area contributed by atoms with Crippen LogP contribution in [0.1, 0.15) is 49.9 Å². The number of halogens is 1. The fourth-order valence-electron chi connectivity index (χ4n) is 2.26. The van der Waals surface area contributed by atoms with Crippen molar-refractivity contribution in [3.05, 3.63) is 28.8 Å². The molecule has 0 aromatic heterocycles. The molecule has 4 heteroatoms. The van der Waals surface area contributed by atoms with E-state index in [9.17, 15) is 4.79 Å². The first-order chi connectivity index (χ1) is 9.99. The summed E-state index contributed by atoms with van der Waals surface area (Å²) in [6.45, 7) is 5.15. The first-order valence-corrected chi connectivity index (χ1v) is 8.01. The summed E-state index contributed by atoms with van der Waals surface area (Å²) in [5, 5.41) is 0.436. The molecular weight excluding hydrogens is 286 g/mol. The zero-order valence-corrected chi connectivity index (χ0v) is 14.2. The minimum absolute atomic E-state index is 0.0970. The summed E-state index contributed by atoms with van der Waals surface area (Å²) in [6.07, 6.45) is 4.69. The van der Waals surface area contributed by atoms with E-state index >= 15 is 0 Å². The van der Waals surface area contributed by atoms with Crippen LogP contribution in [-0.4, -0.2) is 31.5 Å². The zero-order chi connectivity index (χ0) is 15.8. The van der Waals surface area contributed by atoms with Crippen molar-refractivity contribution in [3.8, 4) is 5.75 Å². The van der Waals surface area contributed by atoms with E-state index in [0.29, 0.717) is 17.2 Å². The second-order valence-corrected chi connectivity index (χ2v) is 5.92. The van der Waals surface area contributed by atoms with Crippen molar-refractivity contribution in [1.29, 1.82) is 0 Å². The molecule has 0 aliphatic carbocycles. The predicted octanol–water partition coefficient (Wildman–Crippen LogP) is 4.64. The van der Waals surface area contributed by atoms with Crippen molar-refractivity contribution in [3.63, 3.8) is 0 Å². The van der Waals surface area contributed by atoms with Crippen molar-refractivity contribution >= 4 is 17.5 Å². The van der Waals surface area contributed by atoms with Crippen LogP contribution >= 0.6 is 11.6 Å². The summed E-state index contributed by atoms with van der Waals surface area (Å²) >= 11 is 6.15. The maximum Gasteiger partial charge on any atom is 0.254 e. The summed E-state index contributed by atoms with van der Waals surface area (Å²) in [7, 11) is 3.42. The maximum atomic E-state index is 11.9. The summed E-state index contributed by atoms with van der Waals surface area (Å²) in [4.78, 5) is 13.4. The lowest BCUT2D eigenvalue weighted by atomic mass is 9.98.